The van der Waals surface area contributed by atoms with Crippen molar-refractivity contribution in [1.82, 2.24) is 0 Å². The van der Waals surface area contributed by atoms with Crippen molar-refractivity contribution in [1.29, 1.82) is 0 Å². The average Bonchev–Trinajstić information content (AvgIpc) is 2.81. The fourth-order valence-corrected chi connectivity index (χ4v) is 2.98. The van der Waals surface area contributed by atoms with Crippen LogP contribution < -0.4 is 19.8 Å². The highest BCUT2D eigenvalue weighted by molar-refractivity contribution is 5.99. The van der Waals surface area contributed by atoms with Gasteiger partial charge in [-0.05, 0) is 36.4 Å². The summed E-state index contributed by atoms with van der Waals surface area (Å²) in [5, 5.41) is 0.185. The molecular weight excluding hydrogens is 400 g/mol. The topological polar surface area (TPSA) is 92.0 Å². The van der Waals surface area contributed by atoms with Crippen molar-refractivity contribution < 1.29 is 28.2 Å². The van der Waals surface area contributed by atoms with E-state index in [-0.39, 0.29) is 33.6 Å². The van der Waals surface area contributed by atoms with Crippen LogP contribution in [0, 0.1) is 0 Å². The molecule has 0 atom stereocenters. The molecule has 1 heterocycles. The molecule has 0 N–H and O–H groups in total. The second-order valence-electron chi connectivity index (χ2n) is 6.39. The summed E-state index contributed by atoms with van der Waals surface area (Å²) < 4.78 is 21.5. The summed E-state index contributed by atoms with van der Waals surface area (Å²) in [6, 6.07) is 21.0. The van der Waals surface area contributed by atoms with Crippen LogP contribution in [0.1, 0.15) is 20.7 Å². The summed E-state index contributed by atoms with van der Waals surface area (Å²) >= 11 is 0. The van der Waals surface area contributed by atoms with Crippen LogP contribution in [0.25, 0.3) is 11.0 Å². The molecule has 0 saturated heterocycles. The van der Waals surface area contributed by atoms with Crippen molar-refractivity contribution in [2.24, 2.45) is 0 Å². The molecule has 0 aliphatic rings. The zero-order valence-corrected chi connectivity index (χ0v) is 16.4. The van der Waals surface area contributed by atoms with E-state index in [1.54, 1.807) is 60.7 Å². The van der Waals surface area contributed by atoms with E-state index in [9.17, 15) is 14.4 Å². The van der Waals surface area contributed by atoms with Crippen LogP contribution in [0.4, 0.5) is 0 Å². The van der Waals surface area contributed by atoms with Crippen LogP contribution in [0.5, 0.6) is 17.2 Å². The number of fused-ring (bicyclic) bond motifs is 1. The molecule has 0 aliphatic heterocycles. The molecule has 7 heteroatoms. The van der Waals surface area contributed by atoms with Gasteiger partial charge in [-0.1, -0.05) is 42.5 Å². The van der Waals surface area contributed by atoms with Gasteiger partial charge in [0.1, 0.15) is 16.7 Å². The lowest BCUT2D eigenvalue weighted by atomic mass is 10.2. The first-order valence-corrected chi connectivity index (χ1v) is 9.26. The molecule has 0 bridgehead atoms. The van der Waals surface area contributed by atoms with Gasteiger partial charge in [-0.15, -0.1) is 0 Å². The highest BCUT2D eigenvalue weighted by Gasteiger charge is 2.26. The van der Waals surface area contributed by atoms with Gasteiger partial charge < -0.3 is 18.6 Å². The van der Waals surface area contributed by atoms with E-state index in [2.05, 4.69) is 0 Å². The minimum Gasteiger partial charge on any atom is -0.496 e. The zero-order chi connectivity index (χ0) is 21.8. The van der Waals surface area contributed by atoms with Crippen molar-refractivity contribution in [3.05, 3.63) is 100 Å². The predicted octanol–water partition coefficient (Wildman–Crippen LogP) is 4.24. The van der Waals surface area contributed by atoms with Crippen LogP contribution in [-0.4, -0.2) is 19.0 Å². The first kappa shape index (κ1) is 19.9. The molecule has 0 radical (unpaired) electrons. The number of methoxy groups -OCH3 is 1. The first-order chi connectivity index (χ1) is 15.1. The quantitative estimate of drug-likeness (QED) is 0.355. The Morgan fingerprint density at radius 2 is 1.26 bits per heavy atom. The van der Waals surface area contributed by atoms with E-state index < -0.39 is 23.3 Å². The minimum absolute atomic E-state index is 0.111. The van der Waals surface area contributed by atoms with Gasteiger partial charge in [0, 0.05) is 0 Å². The van der Waals surface area contributed by atoms with Gasteiger partial charge in [0.15, 0.2) is 5.75 Å². The molecule has 0 unspecified atom stereocenters. The number of esters is 2. The second kappa shape index (κ2) is 8.54. The van der Waals surface area contributed by atoms with Crippen molar-refractivity contribution >= 4 is 22.9 Å². The third kappa shape index (κ3) is 4.02. The molecule has 0 saturated carbocycles. The van der Waals surface area contributed by atoms with Gasteiger partial charge in [-0.25, -0.2) is 14.4 Å². The van der Waals surface area contributed by atoms with Crippen molar-refractivity contribution in [2.45, 2.75) is 0 Å². The van der Waals surface area contributed by atoms with Crippen LogP contribution in [0.3, 0.4) is 0 Å². The maximum Gasteiger partial charge on any atom is 0.383 e. The van der Waals surface area contributed by atoms with Gasteiger partial charge in [-0.2, -0.15) is 0 Å². The molecule has 154 valence electrons. The molecule has 3 aromatic carbocycles. The summed E-state index contributed by atoms with van der Waals surface area (Å²) in [6.45, 7) is 0. The second-order valence-corrected chi connectivity index (χ2v) is 6.39. The number of benzene rings is 3. The third-order valence-corrected chi connectivity index (χ3v) is 4.44. The lowest BCUT2D eigenvalue weighted by Gasteiger charge is -2.14. The van der Waals surface area contributed by atoms with Crippen LogP contribution >= 0.6 is 0 Å². The Labute approximate surface area is 176 Å². The Morgan fingerprint density at radius 3 is 1.81 bits per heavy atom. The van der Waals surface area contributed by atoms with E-state index in [0.29, 0.717) is 0 Å². The summed E-state index contributed by atoms with van der Waals surface area (Å²) in [7, 11) is 1.42. The predicted molar refractivity (Wildman–Crippen MR) is 112 cm³/mol. The summed E-state index contributed by atoms with van der Waals surface area (Å²) in [6.07, 6.45) is 0. The van der Waals surface area contributed by atoms with E-state index in [1.807, 2.05) is 0 Å². The van der Waals surface area contributed by atoms with Gasteiger partial charge in [0.2, 0.25) is 0 Å². The maximum absolute atomic E-state index is 12.7. The van der Waals surface area contributed by atoms with Gasteiger partial charge in [0.25, 0.3) is 5.75 Å². The Bertz CT molecular complexity index is 1310. The lowest BCUT2D eigenvalue weighted by molar-refractivity contribution is 0.0678. The Morgan fingerprint density at radius 1 is 0.710 bits per heavy atom. The number of hydrogen-bond acceptors (Lipinski definition) is 7. The molecule has 0 amide bonds. The molecule has 0 aliphatic carbocycles. The monoisotopic (exact) mass is 416 g/mol. The van der Waals surface area contributed by atoms with Crippen molar-refractivity contribution in [2.75, 3.05) is 7.11 Å². The van der Waals surface area contributed by atoms with E-state index in [1.165, 1.54) is 25.3 Å². The lowest BCUT2D eigenvalue weighted by Crippen LogP contribution is -2.18. The van der Waals surface area contributed by atoms with E-state index >= 15 is 0 Å². The number of carbonyl (C=O) groups excluding carboxylic acids is 2. The van der Waals surface area contributed by atoms with E-state index in [4.69, 9.17) is 18.6 Å². The van der Waals surface area contributed by atoms with E-state index in [0.717, 1.165) is 0 Å². The van der Waals surface area contributed by atoms with Crippen LogP contribution in [0.2, 0.25) is 0 Å². The van der Waals surface area contributed by atoms with Crippen molar-refractivity contribution in [3.63, 3.8) is 0 Å². The molecule has 31 heavy (non-hydrogen) atoms. The molecule has 1 aromatic heterocycles. The largest absolute Gasteiger partial charge is 0.496 e. The molecular formula is C24H16O7. The molecule has 7 nitrogen and oxygen atoms in total. The summed E-state index contributed by atoms with van der Waals surface area (Å²) in [5.41, 5.74) is -0.401. The smallest absolute Gasteiger partial charge is 0.383 e. The highest BCUT2D eigenvalue weighted by Crippen LogP contribution is 2.39. The first-order valence-electron chi connectivity index (χ1n) is 9.26. The van der Waals surface area contributed by atoms with Gasteiger partial charge in [0.05, 0.1) is 18.2 Å². The fraction of sp³-hybridized carbons (Fsp3) is 0.0417. The van der Waals surface area contributed by atoms with Gasteiger partial charge in [-0.3, -0.25) is 0 Å². The van der Waals surface area contributed by atoms with Crippen LogP contribution in [-0.2, 0) is 0 Å². The zero-order valence-electron chi connectivity index (χ0n) is 16.4. The maximum atomic E-state index is 12.7. The number of ether oxygens (including phenoxy) is 3. The summed E-state index contributed by atoms with van der Waals surface area (Å²) in [5.74, 6) is -2.08. The normalized spacial score (nSPS) is 10.5. The van der Waals surface area contributed by atoms with Crippen LogP contribution in [0.15, 0.2) is 88.1 Å². The Kier molecular flexibility index (Phi) is 5.49. The minimum atomic E-state index is -0.971. The number of hydrogen-bond donors (Lipinski definition) is 0. The molecule has 0 spiro atoms. The fourth-order valence-electron chi connectivity index (χ4n) is 2.98. The standard InChI is InChI=1S/C24H16O7/c1-28-17-13-8-14-18-19(17)20(30-22(25)15-9-4-2-5-10-15)21(24(27)29-18)31-23(26)16-11-6-3-7-12-16/h2-14H,1H3. The SMILES string of the molecule is COc1cccc2oc(=O)c(OC(=O)c3ccccc3)c(OC(=O)c3ccccc3)c12. The Hall–Kier alpha value is -4.39. The Balaban J connectivity index is 1.87. The summed E-state index contributed by atoms with van der Waals surface area (Å²) in [4.78, 5) is 38.0. The number of rotatable bonds is 5. The number of carbonyl (C=O) groups is 2. The third-order valence-electron chi connectivity index (χ3n) is 4.44. The molecule has 4 rings (SSSR count). The highest BCUT2D eigenvalue weighted by atomic mass is 16.6. The van der Waals surface area contributed by atoms with Gasteiger partial charge >= 0.3 is 17.6 Å². The van der Waals surface area contributed by atoms with Crippen molar-refractivity contribution in [3.8, 4) is 17.2 Å². The molecule has 4 aromatic rings. The average molecular weight is 416 g/mol. The molecule has 0 fully saturated rings.